The molecule has 44 heavy (non-hydrogen) atoms. The highest BCUT2D eigenvalue weighted by molar-refractivity contribution is 6.01. The number of aliphatic carboxylic acids is 1. The summed E-state index contributed by atoms with van der Waals surface area (Å²) in [5.41, 5.74) is 4.07. The topological polar surface area (TPSA) is 116 Å². The normalized spacial score (nSPS) is 16.7. The summed E-state index contributed by atoms with van der Waals surface area (Å²) in [7, 11) is 1.86. The van der Waals surface area contributed by atoms with Crippen molar-refractivity contribution in [3.63, 3.8) is 0 Å². The predicted octanol–water partition coefficient (Wildman–Crippen LogP) is 6.55. The fraction of sp³-hybridized carbons (Fsp3) is 0.515. The average Bonchev–Trinajstić information content (AvgIpc) is 3.58. The number of ether oxygens (including phenoxy) is 2. The van der Waals surface area contributed by atoms with Gasteiger partial charge in [-0.15, -0.1) is 0 Å². The molecule has 5 heterocycles. The van der Waals surface area contributed by atoms with Gasteiger partial charge >= 0.3 is 12.0 Å². The van der Waals surface area contributed by atoms with Crippen LogP contribution >= 0.6 is 0 Å². The van der Waals surface area contributed by atoms with Crippen molar-refractivity contribution < 1.29 is 28.3 Å². The Morgan fingerprint density at radius 2 is 1.91 bits per heavy atom. The third kappa shape index (κ3) is 5.31. The number of nitrogens with zero attached hydrogens (tertiary/aromatic N) is 5. The van der Waals surface area contributed by atoms with Gasteiger partial charge in [0.1, 0.15) is 5.65 Å². The van der Waals surface area contributed by atoms with Gasteiger partial charge in [-0.25, -0.2) is 14.2 Å². The van der Waals surface area contributed by atoms with Crippen LogP contribution in [0.2, 0.25) is 0 Å². The molecule has 1 fully saturated rings. The molecule has 0 aliphatic carbocycles. The average molecular weight is 606 g/mol. The minimum absolute atomic E-state index is 0.266. The number of aromatic nitrogens is 4. The van der Waals surface area contributed by atoms with Crippen molar-refractivity contribution in [1.82, 2.24) is 19.7 Å². The van der Waals surface area contributed by atoms with Gasteiger partial charge in [0.15, 0.2) is 17.7 Å². The number of hydrogen-bond donors (Lipinski definition) is 1. The van der Waals surface area contributed by atoms with E-state index in [-0.39, 0.29) is 5.75 Å². The Labute approximate surface area is 256 Å². The Balaban J connectivity index is 1.59. The largest absolute Gasteiger partial charge is 0.490 e. The van der Waals surface area contributed by atoms with E-state index in [1.807, 2.05) is 45.4 Å². The number of fused-ring (bicyclic) bond motifs is 2. The highest BCUT2D eigenvalue weighted by Gasteiger charge is 2.35. The molecule has 2 aliphatic heterocycles. The molecule has 4 aromatic rings. The number of benzene rings is 1. The van der Waals surface area contributed by atoms with E-state index in [1.165, 1.54) is 6.07 Å². The molecule has 3 aromatic heterocycles. The smallest absolute Gasteiger partial charge is 0.337 e. The molecule has 1 N–H and O–H groups in total. The maximum atomic E-state index is 15.7. The van der Waals surface area contributed by atoms with E-state index >= 15 is 4.39 Å². The summed E-state index contributed by atoms with van der Waals surface area (Å²) in [5, 5.41) is 15.4. The highest BCUT2D eigenvalue weighted by atomic mass is 19.1. The number of piperidine rings is 1. The lowest BCUT2D eigenvalue weighted by Crippen LogP contribution is -2.32. The molecule has 6 rings (SSSR count). The van der Waals surface area contributed by atoms with Gasteiger partial charge in [0.25, 0.3) is 0 Å². The van der Waals surface area contributed by atoms with Crippen LogP contribution < -0.4 is 9.64 Å². The first kappa shape index (κ1) is 30.1. The van der Waals surface area contributed by atoms with Crippen molar-refractivity contribution in [3.05, 3.63) is 40.3 Å². The lowest BCUT2D eigenvalue weighted by Gasteiger charge is -2.29. The summed E-state index contributed by atoms with van der Waals surface area (Å²) in [5.74, 6) is -0.310. The van der Waals surface area contributed by atoms with E-state index in [9.17, 15) is 9.90 Å². The van der Waals surface area contributed by atoms with E-state index in [4.69, 9.17) is 24.0 Å². The predicted molar refractivity (Wildman–Crippen MR) is 165 cm³/mol. The molecule has 234 valence electrons. The van der Waals surface area contributed by atoms with Gasteiger partial charge in [-0.2, -0.15) is 4.98 Å². The Bertz CT molecular complexity index is 1750. The van der Waals surface area contributed by atoms with E-state index in [0.29, 0.717) is 69.9 Å². The summed E-state index contributed by atoms with van der Waals surface area (Å²) in [6.07, 6.45) is 2.20. The Kier molecular flexibility index (Phi) is 7.63. The van der Waals surface area contributed by atoms with Crippen LogP contribution in [-0.2, 0) is 23.0 Å². The molecule has 10 nitrogen and oxygen atoms in total. The van der Waals surface area contributed by atoms with Crippen molar-refractivity contribution >= 4 is 23.0 Å². The fourth-order valence-electron chi connectivity index (χ4n) is 6.43. The van der Waals surface area contributed by atoms with Gasteiger partial charge in [-0.1, -0.05) is 12.1 Å². The number of anilines is 1. The Morgan fingerprint density at radius 3 is 2.59 bits per heavy atom. The lowest BCUT2D eigenvalue weighted by molar-refractivity contribution is -0.160. The zero-order chi connectivity index (χ0) is 31.5. The van der Waals surface area contributed by atoms with Crippen molar-refractivity contribution in [2.45, 2.75) is 78.9 Å². The summed E-state index contributed by atoms with van der Waals surface area (Å²) >= 11 is 0. The molecule has 0 radical (unpaired) electrons. The number of carboxylic acid groups (broad SMARTS) is 1. The van der Waals surface area contributed by atoms with E-state index in [1.54, 1.807) is 6.92 Å². The van der Waals surface area contributed by atoms with Crippen LogP contribution in [0.3, 0.4) is 0 Å². The van der Waals surface area contributed by atoms with Crippen LogP contribution in [0.1, 0.15) is 75.4 Å². The van der Waals surface area contributed by atoms with Gasteiger partial charge in [-0.05, 0) is 89.5 Å². The van der Waals surface area contributed by atoms with Crippen molar-refractivity contribution in [3.8, 4) is 28.4 Å². The number of carbonyl (C=O) groups is 1. The van der Waals surface area contributed by atoms with Crippen LogP contribution in [0.25, 0.3) is 33.7 Å². The first-order valence-corrected chi connectivity index (χ1v) is 15.3. The SMILES string of the molecule is Cc1nc2c(cc(-c3noc(N4CCC(C)CC4)n3)n2C)c(-c2cc(F)c3c(c2C)CCCO3)c1[C@H](OC(C)(C)C)C(=O)O. The maximum Gasteiger partial charge on any atom is 0.337 e. The van der Waals surface area contributed by atoms with E-state index < -0.39 is 23.5 Å². The van der Waals surface area contributed by atoms with Crippen LogP contribution in [0.5, 0.6) is 5.75 Å². The minimum atomic E-state index is -1.35. The van der Waals surface area contributed by atoms with Gasteiger partial charge in [0, 0.05) is 47.9 Å². The molecule has 11 heteroatoms. The quantitative estimate of drug-likeness (QED) is 0.261. The molecule has 2 aliphatic rings. The molecular weight excluding hydrogens is 565 g/mol. The molecule has 1 atom stereocenters. The second-order valence-corrected chi connectivity index (χ2v) is 13.1. The lowest BCUT2D eigenvalue weighted by atomic mass is 9.86. The third-order valence-corrected chi connectivity index (χ3v) is 8.77. The van der Waals surface area contributed by atoms with Gasteiger partial charge in [-0.3, -0.25) is 0 Å². The molecular formula is C33H40FN5O5. The second kappa shape index (κ2) is 11.2. The summed E-state index contributed by atoms with van der Waals surface area (Å²) in [4.78, 5) is 24.5. The minimum Gasteiger partial charge on any atom is -0.490 e. The zero-order valence-electron chi connectivity index (χ0n) is 26.5. The standard InChI is InChI=1S/C33H40FN5O5/c1-17-10-12-39(13-11-17)32-36-29(37-44-32)24-16-22-26(21-15-23(34)27-20(18(21)2)9-8-14-42-27)25(19(3)35-30(22)38(24)7)28(31(40)41)43-33(4,5)6/h15-17,28H,8-14H2,1-7H3,(H,40,41)/t28-/m0/s1. The fourth-order valence-corrected chi connectivity index (χ4v) is 6.43. The van der Waals surface area contributed by atoms with Crippen molar-refractivity contribution in [2.75, 3.05) is 24.6 Å². The molecule has 0 bridgehead atoms. The third-order valence-electron chi connectivity index (χ3n) is 8.77. The maximum absolute atomic E-state index is 15.7. The molecule has 0 saturated carbocycles. The number of hydrogen-bond acceptors (Lipinski definition) is 8. The number of rotatable bonds is 6. The molecule has 1 aromatic carbocycles. The van der Waals surface area contributed by atoms with Crippen LogP contribution in [-0.4, -0.2) is 56.1 Å². The zero-order valence-corrected chi connectivity index (χ0v) is 26.5. The van der Waals surface area contributed by atoms with Gasteiger partial charge in [0.05, 0.1) is 17.9 Å². The Hall–Kier alpha value is -3.99. The number of carboxylic acids is 1. The van der Waals surface area contributed by atoms with Crippen molar-refractivity contribution in [1.29, 1.82) is 0 Å². The van der Waals surface area contributed by atoms with E-state index in [0.717, 1.165) is 43.5 Å². The van der Waals surface area contributed by atoms with Crippen LogP contribution in [0.15, 0.2) is 16.7 Å². The number of aryl methyl sites for hydroxylation is 2. The highest BCUT2D eigenvalue weighted by Crippen LogP contribution is 2.45. The number of pyridine rings is 1. The molecule has 0 amide bonds. The van der Waals surface area contributed by atoms with Gasteiger partial charge in [0.2, 0.25) is 5.82 Å². The molecule has 1 saturated heterocycles. The van der Waals surface area contributed by atoms with Gasteiger partial charge < -0.3 is 28.6 Å². The summed E-state index contributed by atoms with van der Waals surface area (Å²) in [6.45, 7) is 13.5. The van der Waals surface area contributed by atoms with Crippen molar-refractivity contribution in [2.24, 2.45) is 13.0 Å². The Morgan fingerprint density at radius 1 is 1.18 bits per heavy atom. The monoisotopic (exact) mass is 605 g/mol. The number of halogens is 1. The van der Waals surface area contributed by atoms with Crippen LogP contribution in [0.4, 0.5) is 10.4 Å². The summed E-state index contributed by atoms with van der Waals surface area (Å²) in [6, 6.07) is 3.81. The molecule has 0 spiro atoms. The first-order chi connectivity index (χ1) is 20.8. The van der Waals surface area contributed by atoms with E-state index in [2.05, 4.69) is 17.0 Å². The van der Waals surface area contributed by atoms with Crippen LogP contribution in [0, 0.1) is 25.6 Å². The second-order valence-electron chi connectivity index (χ2n) is 13.1. The molecule has 0 unspecified atom stereocenters. The first-order valence-electron chi connectivity index (χ1n) is 15.3. The summed E-state index contributed by atoms with van der Waals surface area (Å²) < 4.78 is 35.1.